The third-order valence-electron chi connectivity index (χ3n) is 6.48. The molecule has 4 N–H and O–H groups in total. The smallest absolute Gasteiger partial charge is 0.250 e. The number of halogens is 2. The molecule has 2 aromatic rings. The molecule has 4 atom stereocenters. The third kappa shape index (κ3) is 2.78. The van der Waals surface area contributed by atoms with E-state index in [-0.39, 0.29) is 18.5 Å². The van der Waals surface area contributed by atoms with E-state index in [0.717, 1.165) is 4.90 Å². The van der Waals surface area contributed by atoms with Gasteiger partial charge in [-0.15, -0.1) is 0 Å². The number of primary amides is 1. The van der Waals surface area contributed by atoms with E-state index in [2.05, 4.69) is 10.6 Å². The van der Waals surface area contributed by atoms with E-state index in [1.54, 1.807) is 24.3 Å². The largest absolute Gasteiger partial charge is 0.370 e. The van der Waals surface area contributed by atoms with Crippen LogP contribution in [0.2, 0.25) is 5.02 Å². The highest BCUT2D eigenvalue weighted by atomic mass is 35.5. The SMILES string of the molecule is NC(=O)C[C@@H]1N[C@]2(C(=O)Nc3ccc(F)cc32)[C@@H]2C(=O)N(Cc3ccccc3Cl)C(=O)[C@H]12. The summed E-state index contributed by atoms with van der Waals surface area (Å²) in [6.07, 6.45) is -0.264. The Kier molecular flexibility index (Phi) is 4.58. The lowest BCUT2D eigenvalue weighted by molar-refractivity contribution is -0.143. The molecule has 3 aliphatic rings. The molecule has 2 saturated heterocycles. The number of hydrogen-bond acceptors (Lipinski definition) is 5. The van der Waals surface area contributed by atoms with Crippen LogP contribution in [0.15, 0.2) is 42.5 Å². The molecule has 4 amide bonds. The van der Waals surface area contributed by atoms with Crippen LogP contribution < -0.4 is 16.4 Å². The van der Waals surface area contributed by atoms with Crippen LogP contribution in [0.3, 0.4) is 0 Å². The molecule has 0 radical (unpaired) electrons. The van der Waals surface area contributed by atoms with Gasteiger partial charge < -0.3 is 11.1 Å². The van der Waals surface area contributed by atoms with Crippen LogP contribution in [0.25, 0.3) is 0 Å². The fraction of sp³-hybridized carbons (Fsp3) is 0.273. The first-order valence-corrected chi connectivity index (χ1v) is 10.4. The van der Waals surface area contributed by atoms with E-state index < -0.39 is 52.9 Å². The Morgan fingerprint density at radius 2 is 1.91 bits per heavy atom. The van der Waals surface area contributed by atoms with Gasteiger partial charge >= 0.3 is 0 Å². The maximum absolute atomic E-state index is 14.1. The van der Waals surface area contributed by atoms with Gasteiger partial charge in [-0.05, 0) is 29.8 Å². The summed E-state index contributed by atoms with van der Waals surface area (Å²) in [4.78, 5) is 53.0. The molecule has 1 spiro atoms. The zero-order valence-corrected chi connectivity index (χ0v) is 17.4. The van der Waals surface area contributed by atoms with Crippen LogP contribution in [0.5, 0.6) is 0 Å². The number of amides is 4. The number of benzene rings is 2. The summed E-state index contributed by atoms with van der Waals surface area (Å²) in [5.41, 5.74) is 4.83. The summed E-state index contributed by atoms with van der Waals surface area (Å²) in [6, 6.07) is 9.68. The van der Waals surface area contributed by atoms with Crippen molar-refractivity contribution in [1.29, 1.82) is 0 Å². The summed E-state index contributed by atoms with van der Waals surface area (Å²) in [6.45, 7) is -0.0820. The highest BCUT2D eigenvalue weighted by Crippen LogP contribution is 2.53. The van der Waals surface area contributed by atoms with Crippen LogP contribution in [0.4, 0.5) is 10.1 Å². The van der Waals surface area contributed by atoms with E-state index in [1.807, 2.05) is 0 Å². The maximum atomic E-state index is 14.1. The minimum Gasteiger partial charge on any atom is -0.370 e. The molecule has 0 aliphatic carbocycles. The van der Waals surface area contributed by atoms with Crippen molar-refractivity contribution in [3.8, 4) is 0 Å². The topological polar surface area (TPSA) is 122 Å². The van der Waals surface area contributed by atoms with Gasteiger partial charge in [-0.3, -0.25) is 29.4 Å². The normalized spacial score (nSPS) is 28.2. The number of likely N-dealkylation sites (tertiary alicyclic amines) is 1. The highest BCUT2D eigenvalue weighted by molar-refractivity contribution is 6.31. The predicted molar refractivity (Wildman–Crippen MR) is 111 cm³/mol. The van der Waals surface area contributed by atoms with Crippen molar-refractivity contribution in [2.24, 2.45) is 17.6 Å². The van der Waals surface area contributed by atoms with Crippen molar-refractivity contribution in [2.75, 3.05) is 5.32 Å². The third-order valence-corrected chi connectivity index (χ3v) is 6.84. The van der Waals surface area contributed by atoms with Gasteiger partial charge in [0.25, 0.3) is 0 Å². The summed E-state index contributed by atoms with van der Waals surface area (Å²) >= 11 is 6.22. The van der Waals surface area contributed by atoms with Crippen LogP contribution in [0.1, 0.15) is 17.5 Å². The van der Waals surface area contributed by atoms with E-state index in [1.165, 1.54) is 18.2 Å². The number of hydrogen-bond donors (Lipinski definition) is 3. The van der Waals surface area contributed by atoms with Crippen molar-refractivity contribution in [3.05, 3.63) is 64.4 Å². The number of carbonyl (C=O) groups is 4. The summed E-state index contributed by atoms with van der Waals surface area (Å²) in [7, 11) is 0. The van der Waals surface area contributed by atoms with Gasteiger partial charge in [0.1, 0.15) is 11.4 Å². The second-order valence-corrected chi connectivity index (χ2v) is 8.64. The molecule has 10 heteroatoms. The first-order chi connectivity index (χ1) is 15.2. The molecule has 0 unspecified atom stereocenters. The van der Waals surface area contributed by atoms with Crippen LogP contribution >= 0.6 is 11.6 Å². The Morgan fingerprint density at radius 3 is 2.62 bits per heavy atom. The lowest BCUT2D eigenvalue weighted by Crippen LogP contribution is -2.53. The van der Waals surface area contributed by atoms with Crippen molar-refractivity contribution < 1.29 is 23.6 Å². The van der Waals surface area contributed by atoms with Crippen LogP contribution in [-0.2, 0) is 31.3 Å². The lowest BCUT2D eigenvalue weighted by Gasteiger charge is -2.29. The molecule has 3 aliphatic heterocycles. The molecular formula is C22H18ClFN4O4. The van der Waals surface area contributed by atoms with E-state index >= 15 is 0 Å². The van der Waals surface area contributed by atoms with Gasteiger partial charge in [0.15, 0.2) is 0 Å². The van der Waals surface area contributed by atoms with E-state index in [9.17, 15) is 23.6 Å². The molecule has 164 valence electrons. The van der Waals surface area contributed by atoms with Gasteiger partial charge in [-0.2, -0.15) is 0 Å². The Morgan fingerprint density at radius 1 is 1.16 bits per heavy atom. The molecule has 2 fully saturated rings. The Balaban J connectivity index is 1.62. The van der Waals surface area contributed by atoms with Gasteiger partial charge in [-0.1, -0.05) is 29.8 Å². The number of rotatable bonds is 4. The molecule has 8 nitrogen and oxygen atoms in total. The molecule has 0 aromatic heterocycles. The van der Waals surface area contributed by atoms with Crippen molar-refractivity contribution in [1.82, 2.24) is 10.2 Å². The van der Waals surface area contributed by atoms with E-state index in [4.69, 9.17) is 17.3 Å². The lowest BCUT2D eigenvalue weighted by atomic mass is 9.76. The Labute approximate surface area is 186 Å². The van der Waals surface area contributed by atoms with E-state index in [0.29, 0.717) is 16.3 Å². The summed E-state index contributed by atoms with van der Waals surface area (Å²) < 4.78 is 14.1. The van der Waals surface area contributed by atoms with Crippen molar-refractivity contribution in [2.45, 2.75) is 24.5 Å². The number of nitrogens with one attached hydrogen (secondary N) is 2. The monoisotopic (exact) mass is 456 g/mol. The average Bonchev–Trinajstić information content (AvgIpc) is 3.30. The van der Waals surface area contributed by atoms with Gasteiger partial charge in [0.05, 0.1) is 18.4 Å². The quantitative estimate of drug-likeness (QED) is 0.598. The number of carbonyl (C=O) groups excluding carboxylic acids is 4. The minimum atomic E-state index is -1.69. The zero-order chi connectivity index (χ0) is 22.8. The maximum Gasteiger partial charge on any atom is 0.250 e. The summed E-state index contributed by atoms with van der Waals surface area (Å²) in [5.74, 6) is -5.18. The van der Waals surface area contributed by atoms with Crippen LogP contribution in [0, 0.1) is 17.7 Å². The second-order valence-electron chi connectivity index (χ2n) is 8.23. The first kappa shape index (κ1) is 20.6. The van der Waals surface area contributed by atoms with Crippen LogP contribution in [-0.4, -0.2) is 34.6 Å². The molecule has 5 rings (SSSR count). The second kappa shape index (κ2) is 7.11. The van der Waals surface area contributed by atoms with Crippen molar-refractivity contribution >= 4 is 40.9 Å². The van der Waals surface area contributed by atoms with Gasteiger partial charge in [0, 0.05) is 28.7 Å². The van der Waals surface area contributed by atoms with Gasteiger partial charge in [-0.25, -0.2) is 4.39 Å². The minimum absolute atomic E-state index is 0.0820. The Hall–Kier alpha value is -3.30. The number of imide groups is 1. The molecular weight excluding hydrogens is 439 g/mol. The van der Waals surface area contributed by atoms with Gasteiger partial charge in [0.2, 0.25) is 23.6 Å². The van der Waals surface area contributed by atoms with Crippen molar-refractivity contribution in [3.63, 3.8) is 0 Å². The molecule has 3 heterocycles. The first-order valence-electron chi connectivity index (χ1n) is 10.00. The zero-order valence-electron chi connectivity index (χ0n) is 16.6. The Bertz CT molecular complexity index is 1200. The number of nitrogens with two attached hydrogens (primary N) is 1. The summed E-state index contributed by atoms with van der Waals surface area (Å²) in [5, 5.41) is 6.07. The fourth-order valence-corrected chi connectivity index (χ4v) is 5.37. The predicted octanol–water partition coefficient (Wildman–Crippen LogP) is 1.28. The molecule has 32 heavy (non-hydrogen) atoms. The average molecular weight is 457 g/mol. The molecule has 0 bridgehead atoms. The fourth-order valence-electron chi connectivity index (χ4n) is 5.18. The highest BCUT2D eigenvalue weighted by Gasteiger charge is 2.70. The molecule has 0 saturated carbocycles. The number of anilines is 1. The number of nitrogens with zero attached hydrogens (tertiary/aromatic N) is 1. The molecule has 2 aromatic carbocycles. The number of fused-ring (bicyclic) bond motifs is 4. The standard InChI is InChI=1S/C22H18ClFN4O4/c23-13-4-2-1-3-10(13)9-28-19(30)17-15(8-16(25)29)27-22(18(17)20(28)31)12-7-11(24)5-6-14(12)26-21(22)32/h1-7,15,17-18,27H,8-9H2,(H2,25,29)(H,26,32)/t15-,17+,18-,22-/m0/s1.